The van der Waals surface area contributed by atoms with E-state index in [1.165, 1.54) is 0 Å². The number of rotatable bonds is 0. The van der Waals surface area contributed by atoms with Crippen LogP contribution in [0.4, 0.5) is 0 Å². The summed E-state index contributed by atoms with van der Waals surface area (Å²) in [5.74, 6) is 4.56. The van der Waals surface area contributed by atoms with Crippen molar-refractivity contribution in [3.05, 3.63) is 41.5 Å². The van der Waals surface area contributed by atoms with Gasteiger partial charge in [0.05, 0.1) is 0 Å². The third-order valence-corrected chi connectivity index (χ3v) is 0.586. The molecule has 105 valence electrons. The summed E-state index contributed by atoms with van der Waals surface area (Å²) in [7, 11) is 0. The number of allylic oxidation sites excluding steroid dienone is 4. The van der Waals surface area contributed by atoms with Crippen molar-refractivity contribution < 1.29 is 26.2 Å². The SMILES string of the molecule is CC[NH-].CC[NH-].CC[NH-].[C-]1=CC=CC1.[CH3][GeH][CH3].[Zr+4]. The summed E-state index contributed by atoms with van der Waals surface area (Å²) >= 11 is 0.312. The molecule has 0 heterocycles. The maximum atomic E-state index is 6.21. The first-order valence-corrected chi connectivity index (χ1v) is 10.9. The molecule has 0 saturated carbocycles. The van der Waals surface area contributed by atoms with Crippen LogP contribution >= 0.6 is 0 Å². The zero-order chi connectivity index (χ0) is 14.4. The van der Waals surface area contributed by atoms with Gasteiger partial charge in [-0.3, -0.25) is 6.08 Å². The van der Waals surface area contributed by atoms with Crippen LogP contribution in [0.15, 0.2) is 18.2 Å². The fourth-order valence-corrected chi connectivity index (χ4v) is 0.340. The van der Waals surface area contributed by atoms with Crippen molar-refractivity contribution in [2.75, 3.05) is 19.6 Å². The Labute approximate surface area is 141 Å². The molecule has 0 aromatic carbocycles. The fourth-order valence-electron chi connectivity index (χ4n) is 0.340. The predicted molar refractivity (Wildman–Crippen MR) is 85.0 cm³/mol. The zero-order valence-electron chi connectivity index (χ0n) is 12.6. The molecule has 0 spiro atoms. The molecule has 1 rings (SSSR count). The maximum absolute atomic E-state index is 6.21. The molecule has 3 nitrogen and oxygen atoms in total. The van der Waals surface area contributed by atoms with Gasteiger partial charge in [-0.2, -0.15) is 25.7 Å². The normalized spacial score (nSPS) is 8.89. The van der Waals surface area contributed by atoms with E-state index in [0.29, 0.717) is 35.1 Å². The van der Waals surface area contributed by atoms with Crippen molar-refractivity contribution in [1.82, 2.24) is 0 Å². The van der Waals surface area contributed by atoms with E-state index in [2.05, 4.69) is 23.7 Å². The first kappa shape index (κ1) is 31.3. The molecule has 0 aliphatic heterocycles. The van der Waals surface area contributed by atoms with Crippen LogP contribution in [-0.2, 0) is 26.2 Å². The van der Waals surface area contributed by atoms with Crippen molar-refractivity contribution in [3.63, 3.8) is 0 Å². The minimum Gasteiger partial charge on any atom is 4.00 e. The summed E-state index contributed by atoms with van der Waals surface area (Å²) in [6, 6.07) is 0. The second-order valence-electron chi connectivity index (χ2n) is 2.64. The van der Waals surface area contributed by atoms with E-state index < -0.39 is 0 Å². The number of nitrogens with one attached hydrogen (secondary N) is 3. The van der Waals surface area contributed by atoms with Gasteiger partial charge in [0.2, 0.25) is 0 Å². The minimum atomic E-state index is 0. The zero-order valence-corrected chi connectivity index (χ0v) is 17.5. The van der Waals surface area contributed by atoms with Crippen molar-refractivity contribution >= 4 is 15.4 Å². The Morgan fingerprint density at radius 3 is 1.33 bits per heavy atom. The molecule has 1 radical (unpaired) electrons. The van der Waals surface area contributed by atoms with Crippen LogP contribution < -0.4 is 0 Å². The standard InChI is InChI=1S/C5H5.C2H7Ge.3C2H6N.Zr/c1-2-4-5-3-1;1-3-2;3*1-2-3;/h1-3H,4H2;3H,1-2H3;3*3H,2H2,1H3;/q-1;;3*-1;+4. The van der Waals surface area contributed by atoms with E-state index in [1.807, 2.05) is 12.2 Å². The molecule has 5 heteroatoms. The minimum absolute atomic E-state index is 0. The molecule has 1 aliphatic carbocycles. The summed E-state index contributed by atoms with van der Waals surface area (Å²) in [5, 5.41) is 0. The van der Waals surface area contributed by atoms with E-state index in [-0.39, 0.29) is 26.2 Å². The summed E-state index contributed by atoms with van der Waals surface area (Å²) in [4.78, 5) is 0. The average Bonchev–Trinajstić information content (AvgIpc) is 2.79. The van der Waals surface area contributed by atoms with Gasteiger partial charge in [0.1, 0.15) is 0 Å². The molecule has 0 atom stereocenters. The van der Waals surface area contributed by atoms with Crippen molar-refractivity contribution in [1.29, 1.82) is 0 Å². The van der Waals surface area contributed by atoms with E-state index in [1.54, 1.807) is 20.8 Å². The van der Waals surface area contributed by atoms with Gasteiger partial charge in [-0.15, -0.1) is 6.42 Å². The van der Waals surface area contributed by atoms with E-state index >= 15 is 0 Å². The van der Waals surface area contributed by atoms with Gasteiger partial charge in [0.15, 0.2) is 0 Å². The Morgan fingerprint density at radius 2 is 1.28 bits per heavy atom. The third-order valence-electron chi connectivity index (χ3n) is 0.586. The van der Waals surface area contributed by atoms with E-state index in [9.17, 15) is 0 Å². The molecule has 0 bridgehead atoms. The van der Waals surface area contributed by atoms with E-state index in [0.717, 1.165) is 6.42 Å². The molecular formula is C13H30GeN3Zr. The van der Waals surface area contributed by atoms with Crippen LogP contribution in [0.1, 0.15) is 27.2 Å². The third kappa shape index (κ3) is 125. The Bertz CT molecular complexity index is 113. The molecule has 18 heavy (non-hydrogen) atoms. The summed E-state index contributed by atoms with van der Waals surface area (Å²) in [6.45, 7) is 6.88. The Morgan fingerprint density at radius 1 is 1.00 bits per heavy atom. The van der Waals surface area contributed by atoms with Gasteiger partial charge in [0.25, 0.3) is 0 Å². The number of hydrogen-bond donors (Lipinski definition) is 0. The summed E-state index contributed by atoms with van der Waals surface area (Å²) in [6.07, 6.45) is 10.0. The van der Waals surface area contributed by atoms with Crippen molar-refractivity contribution in [3.8, 4) is 0 Å². The average molecular weight is 392 g/mol. The van der Waals surface area contributed by atoms with Crippen LogP contribution in [0.3, 0.4) is 0 Å². The van der Waals surface area contributed by atoms with Crippen LogP contribution in [0.25, 0.3) is 17.2 Å². The molecule has 1 aliphatic rings. The van der Waals surface area contributed by atoms with Crippen molar-refractivity contribution in [2.24, 2.45) is 0 Å². The van der Waals surface area contributed by atoms with Crippen molar-refractivity contribution in [2.45, 2.75) is 38.7 Å². The predicted octanol–water partition coefficient (Wildman–Crippen LogP) is 5.00. The van der Waals surface area contributed by atoms with Crippen LogP contribution in [0.2, 0.25) is 11.5 Å². The smallest absolute Gasteiger partial charge is 4.00 e. The van der Waals surface area contributed by atoms with Crippen LogP contribution in [0.5, 0.6) is 0 Å². The van der Waals surface area contributed by atoms with Gasteiger partial charge in [-0.05, 0) is 0 Å². The van der Waals surface area contributed by atoms with Gasteiger partial charge in [-0.1, -0.05) is 20.8 Å². The molecular weight excluding hydrogens is 362 g/mol. The summed E-state index contributed by atoms with van der Waals surface area (Å²) < 4.78 is 0. The monoisotopic (exact) mass is 392 g/mol. The van der Waals surface area contributed by atoms with Crippen LogP contribution in [0, 0.1) is 6.08 Å². The molecule has 3 N–H and O–H groups in total. The first-order chi connectivity index (χ1) is 8.16. The van der Waals surface area contributed by atoms with Gasteiger partial charge in [0, 0.05) is 0 Å². The molecule has 0 unspecified atom stereocenters. The second-order valence-corrected chi connectivity index (χ2v) is 5.06. The first-order valence-electron chi connectivity index (χ1n) is 6.05. The topological polar surface area (TPSA) is 71.4 Å². The molecule has 0 aromatic rings. The molecule has 0 fully saturated rings. The quantitative estimate of drug-likeness (QED) is 0.411. The Kier molecular flexibility index (Phi) is 90.9. The van der Waals surface area contributed by atoms with Gasteiger partial charge < -0.3 is 17.2 Å². The molecule has 0 amide bonds. The maximum Gasteiger partial charge on any atom is 4.00 e. The molecule has 0 saturated heterocycles. The molecule has 0 aromatic heterocycles. The Hall–Kier alpha value is 0.786. The number of hydrogen-bond acceptors (Lipinski definition) is 0. The fraction of sp³-hybridized carbons (Fsp3) is 0.692. The van der Waals surface area contributed by atoms with Gasteiger partial charge in [-0.25, -0.2) is 12.2 Å². The summed E-state index contributed by atoms with van der Waals surface area (Å²) in [5.41, 5.74) is 18.6. The second kappa shape index (κ2) is 52.3. The van der Waals surface area contributed by atoms with Crippen LogP contribution in [-0.4, -0.2) is 35.1 Å². The van der Waals surface area contributed by atoms with Gasteiger partial charge >= 0.3 is 53.1 Å². The Balaban J connectivity index is -0.0000000398. The largest absolute Gasteiger partial charge is 4.00 e. The van der Waals surface area contributed by atoms with E-state index in [4.69, 9.17) is 17.2 Å².